The summed E-state index contributed by atoms with van der Waals surface area (Å²) in [5.74, 6) is 0.932. The molecule has 2 rings (SSSR count). The van der Waals surface area contributed by atoms with Gasteiger partial charge in [-0.05, 0) is 38.0 Å². The van der Waals surface area contributed by atoms with Crippen LogP contribution in [0.25, 0.3) is 0 Å². The van der Waals surface area contributed by atoms with Crippen molar-refractivity contribution in [1.82, 2.24) is 10.2 Å². The van der Waals surface area contributed by atoms with Crippen LogP contribution >= 0.6 is 0 Å². The third-order valence-corrected chi connectivity index (χ3v) is 5.43. The molecule has 124 valence electrons. The van der Waals surface area contributed by atoms with E-state index in [1.165, 1.54) is 32.2 Å². The van der Waals surface area contributed by atoms with Crippen LogP contribution in [-0.4, -0.2) is 63.0 Å². The van der Waals surface area contributed by atoms with Crippen LogP contribution in [0.5, 0.6) is 0 Å². The summed E-state index contributed by atoms with van der Waals surface area (Å²) in [7, 11) is 1.75. The summed E-state index contributed by atoms with van der Waals surface area (Å²) in [6, 6.07) is 0.713. The van der Waals surface area contributed by atoms with Crippen molar-refractivity contribution in [3.8, 4) is 0 Å². The molecule has 2 fully saturated rings. The van der Waals surface area contributed by atoms with Crippen LogP contribution in [0.4, 0.5) is 0 Å². The van der Waals surface area contributed by atoms with Gasteiger partial charge in [-0.2, -0.15) is 0 Å². The molecule has 0 bridgehead atoms. The zero-order valence-corrected chi connectivity index (χ0v) is 14.2. The summed E-state index contributed by atoms with van der Waals surface area (Å²) in [4.78, 5) is 2.71. The maximum Gasteiger partial charge on any atom is 0.0593 e. The standard InChI is InChI=1S/C17H34N2O2/c1-4-17(5-2)14-18-16(15-7-8-15)13-19(17)9-12-21-11-6-10-20-3/h15-16,18H,4-14H2,1-3H3. The SMILES string of the molecule is CCC1(CC)CNC(C2CC2)CN1CCOCCCOC. The maximum absolute atomic E-state index is 5.79. The van der Waals surface area contributed by atoms with Gasteiger partial charge in [0.25, 0.3) is 0 Å². The van der Waals surface area contributed by atoms with E-state index in [1.54, 1.807) is 7.11 Å². The predicted octanol–water partition coefficient (Wildman–Crippen LogP) is 2.28. The van der Waals surface area contributed by atoms with E-state index in [0.717, 1.165) is 45.2 Å². The van der Waals surface area contributed by atoms with E-state index in [2.05, 4.69) is 24.1 Å². The first-order valence-corrected chi connectivity index (χ1v) is 8.81. The molecular formula is C17H34N2O2. The van der Waals surface area contributed by atoms with Crippen LogP contribution in [0.15, 0.2) is 0 Å². The monoisotopic (exact) mass is 298 g/mol. The van der Waals surface area contributed by atoms with Gasteiger partial charge in [0.05, 0.1) is 6.61 Å². The van der Waals surface area contributed by atoms with E-state index in [4.69, 9.17) is 9.47 Å². The van der Waals surface area contributed by atoms with E-state index in [-0.39, 0.29) is 0 Å². The molecule has 0 aromatic rings. The average Bonchev–Trinajstić information content (AvgIpc) is 3.35. The zero-order chi connectivity index (χ0) is 15.1. The summed E-state index contributed by atoms with van der Waals surface area (Å²) in [5.41, 5.74) is 0.335. The van der Waals surface area contributed by atoms with Crippen LogP contribution in [-0.2, 0) is 9.47 Å². The lowest BCUT2D eigenvalue weighted by molar-refractivity contribution is -0.000601. The van der Waals surface area contributed by atoms with Crippen LogP contribution in [0.2, 0.25) is 0 Å². The molecule has 21 heavy (non-hydrogen) atoms. The van der Waals surface area contributed by atoms with Crippen molar-refractivity contribution in [1.29, 1.82) is 0 Å². The van der Waals surface area contributed by atoms with Gasteiger partial charge in [-0.1, -0.05) is 13.8 Å². The highest BCUT2D eigenvalue weighted by Crippen LogP contribution is 2.37. The number of nitrogens with zero attached hydrogens (tertiary/aromatic N) is 1. The largest absolute Gasteiger partial charge is 0.385 e. The third kappa shape index (κ3) is 4.65. The molecule has 0 aromatic carbocycles. The van der Waals surface area contributed by atoms with Gasteiger partial charge < -0.3 is 14.8 Å². The Labute approximate surface area is 130 Å². The number of nitrogens with one attached hydrogen (secondary N) is 1. The van der Waals surface area contributed by atoms with Gasteiger partial charge in [-0.3, -0.25) is 4.90 Å². The minimum Gasteiger partial charge on any atom is -0.385 e. The smallest absolute Gasteiger partial charge is 0.0593 e. The lowest BCUT2D eigenvalue weighted by Gasteiger charge is -2.50. The van der Waals surface area contributed by atoms with E-state index >= 15 is 0 Å². The Kier molecular flexibility index (Phi) is 6.93. The summed E-state index contributed by atoms with van der Waals surface area (Å²) < 4.78 is 10.8. The van der Waals surface area contributed by atoms with Gasteiger partial charge in [-0.25, -0.2) is 0 Å². The van der Waals surface area contributed by atoms with Crippen molar-refractivity contribution in [2.75, 3.05) is 46.6 Å². The van der Waals surface area contributed by atoms with Crippen LogP contribution in [0.3, 0.4) is 0 Å². The molecule has 1 aliphatic heterocycles. The molecule has 1 aliphatic carbocycles. The molecule has 1 unspecified atom stereocenters. The van der Waals surface area contributed by atoms with Crippen LogP contribution < -0.4 is 5.32 Å². The molecule has 1 heterocycles. The van der Waals surface area contributed by atoms with Gasteiger partial charge in [0.15, 0.2) is 0 Å². The van der Waals surface area contributed by atoms with Gasteiger partial charge in [0.2, 0.25) is 0 Å². The van der Waals surface area contributed by atoms with Crippen molar-refractivity contribution in [2.45, 2.75) is 57.5 Å². The molecule has 4 heteroatoms. The van der Waals surface area contributed by atoms with Gasteiger partial charge >= 0.3 is 0 Å². The minimum absolute atomic E-state index is 0.335. The second-order valence-corrected chi connectivity index (χ2v) is 6.66. The van der Waals surface area contributed by atoms with Crippen molar-refractivity contribution in [3.05, 3.63) is 0 Å². The fourth-order valence-electron chi connectivity index (χ4n) is 3.60. The molecule has 1 atom stereocenters. The van der Waals surface area contributed by atoms with Crippen molar-refractivity contribution in [2.24, 2.45) is 5.92 Å². The molecule has 0 aromatic heterocycles. The zero-order valence-electron chi connectivity index (χ0n) is 14.2. The van der Waals surface area contributed by atoms with Gasteiger partial charge in [-0.15, -0.1) is 0 Å². The number of hydrogen-bond donors (Lipinski definition) is 1. The quantitative estimate of drug-likeness (QED) is 0.627. The Balaban J connectivity index is 1.78. The first-order chi connectivity index (χ1) is 10.3. The second-order valence-electron chi connectivity index (χ2n) is 6.66. The molecular weight excluding hydrogens is 264 g/mol. The number of ether oxygens (including phenoxy) is 2. The average molecular weight is 298 g/mol. The molecule has 1 saturated heterocycles. The van der Waals surface area contributed by atoms with Crippen LogP contribution in [0.1, 0.15) is 46.0 Å². The number of piperazine rings is 1. The lowest BCUT2D eigenvalue weighted by atomic mass is 9.86. The van der Waals surface area contributed by atoms with E-state index in [9.17, 15) is 0 Å². The summed E-state index contributed by atoms with van der Waals surface area (Å²) in [6.45, 7) is 10.5. The van der Waals surface area contributed by atoms with Crippen molar-refractivity contribution < 1.29 is 9.47 Å². The Hall–Kier alpha value is -0.160. The maximum atomic E-state index is 5.79. The summed E-state index contributed by atoms with van der Waals surface area (Å²) in [5, 5.41) is 3.82. The second kappa shape index (κ2) is 8.47. The van der Waals surface area contributed by atoms with Gasteiger partial charge in [0, 0.05) is 51.5 Å². The third-order valence-electron chi connectivity index (χ3n) is 5.43. The topological polar surface area (TPSA) is 33.7 Å². The lowest BCUT2D eigenvalue weighted by Crippen LogP contribution is -2.65. The highest BCUT2D eigenvalue weighted by molar-refractivity contribution is 5.01. The highest BCUT2D eigenvalue weighted by atomic mass is 16.5. The predicted molar refractivity (Wildman–Crippen MR) is 86.7 cm³/mol. The minimum atomic E-state index is 0.335. The first-order valence-electron chi connectivity index (χ1n) is 8.81. The fraction of sp³-hybridized carbons (Fsp3) is 1.00. The Morgan fingerprint density at radius 1 is 1.14 bits per heavy atom. The van der Waals surface area contributed by atoms with Crippen LogP contribution in [0, 0.1) is 5.92 Å². The normalized spacial score (nSPS) is 26.1. The number of hydrogen-bond acceptors (Lipinski definition) is 4. The fourth-order valence-corrected chi connectivity index (χ4v) is 3.60. The summed E-state index contributed by atoms with van der Waals surface area (Å²) >= 11 is 0. The Morgan fingerprint density at radius 3 is 2.52 bits per heavy atom. The van der Waals surface area contributed by atoms with E-state index in [1.807, 2.05) is 0 Å². The van der Waals surface area contributed by atoms with E-state index in [0.29, 0.717) is 11.6 Å². The molecule has 0 radical (unpaired) electrons. The Bertz CT molecular complexity index is 291. The highest BCUT2D eigenvalue weighted by Gasteiger charge is 2.42. The Morgan fingerprint density at radius 2 is 1.90 bits per heavy atom. The molecule has 0 amide bonds. The molecule has 1 N–H and O–H groups in total. The van der Waals surface area contributed by atoms with Gasteiger partial charge in [0.1, 0.15) is 0 Å². The number of methoxy groups -OCH3 is 1. The van der Waals surface area contributed by atoms with E-state index < -0.39 is 0 Å². The molecule has 2 aliphatic rings. The van der Waals surface area contributed by atoms with Crippen molar-refractivity contribution >= 4 is 0 Å². The first kappa shape index (κ1) is 17.2. The summed E-state index contributed by atoms with van der Waals surface area (Å²) in [6.07, 6.45) is 6.28. The molecule has 4 nitrogen and oxygen atoms in total. The van der Waals surface area contributed by atoms with Crippen molar-refractivity contribution in [3.63, 3.8) is 0 Å². The molecule has 1 saturated carbocycles. The molecule has 0 spiro atoms. The number of rotatable bonds is 10.